The van der Waals surface area contributed by atoms with Crippen LogP contribution in [-0.4, -0.2) is 55.3 Å². The summed E-state index contributed by atoms with van der Waals surface area (Å²) in [5.74, 6) is 0.205. The minimum atomic E-state index is -1.11. The molecular formula is C17H24N2O5. The van der Waals surface area contributed by atoms with Gasteiger partial charge in [-0.2, -0.15) is 0 Å². The molecule has 0 amide bonds. The Balaban J connectivity index is 0.00000254. The van der Waals surface area contributed by atoms with Crippen molar-refractivity contribution in [3.63, 3.8) is 0 Å². The van der Waals surface area contributed by atoms with Gasteiger partial charge in [-0.05, 0) is 32.9 Å². The fraction of sp³-hybridized carbons (Fsp3) is 0.471. The number of esters is 1. The third kappa shape index (κ3) is 8.82. The molecule has 0 saturated carbocycles. The van der Waals surface area contributed by atoms with Crippen molar-refractivity contribution in [1.82, 2.24) is 0 Å². The summed E-state index contributed by atoms with van der Waals surface area (Å²) in [5, 5.41) is 7.00. The standard InChI is InChI=1S/C16H20N2O4.CH4O/c1-13(11-19)17-12-18-16(2,3)15(20)22-10-9-21-14-7-5-4-6-8-14;1-2/h4-8,11,13H,9-10H2,1-3H3;2H,1H3. The highest BCUT2D eigenvalue weighted by molar-refractivity contribution is 5.81. The molecule has 0 heterocycles. The Morgan fingerprint density at radius 3 is 2.50 bits per heavy atom. The molecule has 0 spiro atoms. The maximum absolute atomic E-state index is 11.9. The lowest BCUT2D eigenvalue weighted by molar-refractivity contribution is -0.149. The van der Waals surface area contributed by atoms with E-state index >= 15 is 0 Å². The average Bonchev–Trinajstić information content (AvgIpc) is 2.60. The second kappa shape index (κ2) is 12.0. The number of aliphatic hydroxyl groups excluding tert-OH is 1. The van der Waals surface area contributed by atoms with Gasteiger partial charge in [0.15, 0.2) is 5.54 Å². The third-order valence-corrected chi connectivity index (χ3v) is 2.62. The zero-order valence-electron chi connectivity index (χ0n) is 14.4. The predicted molar refractivity (Wildman–Crippen MR) is 90.5 cm³/mol. The van der Waals surface area contributed by atoms with Crippen LogP contribution in [0.3, 0.4) is 0 Å². The van der Waals surface area contributed by atoms with Gasteiger partial charge in [-0.25, -0.2) is 14.8 Å². The number of aliphatic hydroxyl groups is 1. The third-order valence-electron chi connectivity index (χ3n) is 2.62. The number of hydrogen-bond donors (Lipinski definition) is 1. The number of carbonyl (C=O) groups is 2. The molecule has 0 aliphatic heterocycles. The van der Waals surface area contributed by atoms with Crippen LogP contribution in [0.2, 0.25) is 0 Å². The average molecular weight is 336 g/mol. The Morgan fingerprint density at radius 1 is 1.29 bits per heavy atom. The summed E-state index contributed by atoms with van der Waals surface area (Å²) in [6.07, 6.45) is 0.661. The molecule has 24 heavy (non-hydrogen) atoms. The van der Waals surface area contributed by atoms with Gasteiger partial charge >= 0.3 is 5.97 Å². The Labute approximate surface area is 142 Å². The van der Waals surface area contributed by atoms with Gasteiger partial charge in [0.25, 0.3) is 0 Å². The van der Waals surface area contributed by atoms with Gasteiger partial charge in [-0.3, -0.25) is 0 Å². The molecular weight excluding hydrogens is 312 g/mol. The molecule has 1 unspecified atom stereocenters. The molecule has 0 aliphatic rings. The molecule has 0 aliphatic carbocycles. The van der Waals surface area contributed by atoms with Gasteiger partial charge in [0, 0.05) is 7.11 Å². The molecule has 0 radical (unpaired) electrons. The summed E-state index contributed by atoms with van der Waals surface area (Å²) in [4.78, 5) is 29.9. The molecule has 0 bridgehead atoms. The first-order valence-electron chi connectivity index (χ1n) is 7.37. The maximum Gasteiger partial charge on any atom is 0.334 e. The highest BCUT2D eigenvalue weighted by Gasteiger charge is 2.28. The van der Waals surface area contributed by atoms with Crippen molar-refractivity contribution in [2.75, 3.05) is 20.3 Å². The van der Waals surface area contributed by atoms with Crippen LogP contribution in [0.4, 0.5) is 0 Å². The molecule has 0 aromatic heterocycles. The number of nitrogens with zero attached hydrogens (tertiary/aromatic N) is 2. The van der Waals surface area contributed by atoms with Crippen molar-refractivity contribution in [3.05, 3.63) is 30.3 Å². The second-order valence-corrected chi connectivity index (χ2v) is 5.07. The van der Waals surface area contributed by atoms with Gasteiger partial charge < -0.3 is 19.4 Å². The monoisotopic (exact) mass is 336 g/mol. The minimum absolute atomic E-state index is 0.120. The number of carbonyl (C=O) groups excluding carboxylic acids is 2. The van der Waals surface area contributed by atoms with E-state index in [0.717, 1.165) is 7.11 Å². The molecule has 1 N–H and O–H groups in total. The van der Waals surface area contributed by atoms with Gasteiger partial charge in [0.1, 0.15) is 31.3 Å². The van der Waals surface area contributed by atoms with E-state index in [9.17, 15) is 9.59 Å². The van der Waals surface area contributed by atoms with Gasteiger partial charge in [-0.15, -0.1) is 0 Å². The lowest BCUT2D eigenvalue weighted by atomic mass is 10.1. The van der Waals surface area contributed by atoms with Crippen LogP contribution in [0.1, 0.15) is 20.8 Å². The molecule has 7 heteroatoms. The first-order chi connectivity index (χ1) is 11.5. The van der Waals surface area contributed by atoms with Crippen molar-refractivity contribution < 1.29 is 24.2 Å². The summed E-state index contributed by atoms with van der Waals surface area (Å²) >= 11 is 0. The first kappa shape index (κ1) is 21.5. The molecule has 0 saturated heterocycles. The molecule has 1 aromatic carbocycles. The summed E-state index contributed by atoms with van der Waals surface area (Å²) in [7, 11) is 1.00. The van der Waals surface area contributed by atoms with E-state index in [1.807, 2.05) is 30.3 Å². The van der Waals surface area contributed by atoms with E-state index in [1.54, 1.807) is 20.8 Å². The Morgan fingerprint density at radius 2 is 1.92 bits per heavy atom. The number of ether oxygens (including phenoxy) is 2. The molecule has 7 nitrogen and oxygen atoms in total. The van der Waals surface area contributed by atoms with Gasteiger partial charge in [0.05, 0.1) is 6.01 Å². The van der Waals surface area contributed by atoms with Crippen molar-refractivity contribution in [2.45, 2.75) is 32.4 Å². The van der Waals surface area contributed by atoms with Crippen molar-refractivity contribution in [2.24, 2.45) is 9.98 Å². The minimum Gasteiger partial charge on any atom is -0.490 e. The topological polar surface area (TPSA) is 97.6 Å². The van der Waals surface area contributed by atoms with Crippen molar-refractivity contribution >= 4 is 18.3 Å². The predicted octanol–water partition coefficient (Wildman–Crippen LogP) is 1.76. The molecule has 1 atom stereocenters. The zero-order valence-corrected chi connectivity index (χ0v) is 14.4. The molecule has 0 fully saturated rings. The molecule has 132 valence electrons. The first-order valence-corrected chi connectivity index (χ1v) is 7.37. The van der Waals surface area contributed by atoms with Crippen LogP contribution < -0.4 is 4.74 Å². The van der Waals surface area contributed by atoms with E-state index in [4.69, 9.17) is 14.6 Å². The smallest absolute Gasteiger partial charge is 0.334 e. The highest BCUT2D eigenvalue weighted by Crippen LogP contribution is 2.11. The maximum atomic E-state index is 11.9. The summed E-state index contributed by atoms with van der Waals surface area (Å²) in [5.41, 5.74) is -1.11. The van der Waals surface area contributed by atoms with E-state index in [-0.39, 0.29) is 13.2 Å². The van der Waals surface area contributed by atoms with E-state index in [2.05, 4.69) is 16.0 Å². The van der Waals surface area contributed by atoms with Crippen LogP contribution in [0.15, 0.2) is 40.3 Å². The number of para-hydroxylation sites is 1. The van der Waals surface area contributed by atoms with Crippen LogP contribution in [0.25, 0.3) is 0 Å². The van der Waals surface area contributed by atoms with E-state index < -0.39 is 17.6 Å². The Hall–Kier alpha value is -2.50. The van der Waals surface area contributed by atoms with Gasteiger partial charge in [-0.1, -0.05) is 18.2 Å². The Bertz CT molecular complexity index is 551. The van der Waals surface area contributed by atoms with E-state index in [0.29, 0.717) is 12.0 Å². The number of aliphatic imine (C=N–C) groups is 2. The Kier molecular flexibility index (Phi) is 10.7. The fourth-order valence-electron chi connectivity index (χ4n) is 1.31. The van der Waals surface area contributed by atoms with Crippen LogP contribution in [0, 0.1) is 0 Å². The van der Waals surface area contributed by atoms with Crippen molar-refractivity contribution in [1.29, 1.82) is 0 Å². The number of benzene rings is 1. The highest BCUT2D eigenvalue weighted by atomic mass is 16.6. The summed E-state index contributed by atoms with van der Waals surface area (Å²) in [6.45, 7) is 5.14. The molecule has 1 rings (SSSR count). The van der Waals surface area contributed by atoms with Gasteiger partial charge in [0.2, 0.25) is 0 Å². The number of rotatable bonds is 8. The normalized spacial score (nSPS) is 11.0. The second-order valence-electron chi connectivity index (χ2n) is 5.07. The summed E-state index contributed by atoms with van der Waals surface area (Å²) < 4.78 is 10.5. The lowest BCUT2D eigenvalue weighted by Crippen LogP contribution is -2.32. The van der Waals surface area contributed by atoms with Crippen LogP contribution >= 0.6 is 0 Å². The fourth-order valence-corrected chi connectivity index (χ4v) is 1.31. The van der Waals surface area contributed by atoms with Crippen LogP contribution in [-0.2, 0) is 14.3 Å². The van der Waals surface area contributed by atoms with E-state index in [1.165, 1.54) is 0 Å². The van der Waals surface area contributed by atoms with Crippen LogP contribution in [0.5, 0.6) is 5.75 Å². The molecule has 1 aromatic rings. The van der Waals surface area contributed by atoms with Crippen molar-refractivity contribution in [3.8, 4) is 5.75 Å². The SMILES string of the molecule is CC(C=O)N=C=NC(C)(C)C(=O)OCCOc1ccccc1.CO. The lowest BCUT2D eigenvalue weighted by Gasteiger charge is -2.16. The zero-order chi connectivity index (χ0) is 18.4. The number of hydrogen-bond acceptors (Lipinski definition) is 7. The quantitative estimate of drug-likeness (QED) is 0.338. The number of aldehydes is 1. The summed E-state index contributed by atoms with van der Waals surface area (Å²) in [6, 6.07) is 11.1. The largest absolute Gasteiger partial charge is 0.490 e.